The maximum absolute atomic E-state index is 12.1. The van der Waals surface area contributed by atoms with Crippen LogP contribution in [0, 0.1) is 0 Å². The topological polar surface area (TPSA) is 77.0 Å². The van der Waals surface area contributed by atoms with E-state index in [1.54, 1.807) is 72.8 Å². The fraction of sp³-hybridized carbons (Fsp3) is 0.0455. The molecule has 0 fully saturated rings. The van der Waals surface area contributed by atoms with Crippen LogP contribution in [0.3, 0.4) is 0 Å². The van der Waals surface area contributed by atoms with Gasteiger partial charge in [-0.3, -0.25) is 4.79 Å². The fourth-order valence-electron chi connectivity index (χ4n) is 2.29. The van der Waals surface area contributed by atoms with Crippen molar-refractivity contribution in [3.8, 4) is 11.5 Å². The highest BCUT2D eigenvalue weighted by Gasteiger charge is 2.08. The molecular formula is C22H16BrClN2O4. The number of ether oxygens (including phenoxy) is 2. The molecule has 3 rings (SSSR count). The van der Waals surface area contributed by atoms with E-state index in [0.29, 0.717) is 27.6 Å². The number of esters is 1. The van der Waals surface area contributed by atoms with Crippen LogP contribution in [0.4, 0.5) is 0 Å². The lowest BCUT2D eigenvalue weighted by molar-refractivity contribution is -0.123. The zero-order valence-corrected chi connectivity index (χ0v) is 17.9. The molecule has 152 valence electrons. The molecule has 0 saturated carbocycles. The van der Waals surface area contributed by atoms with Gasteiger partial charge >= 0.3 is 5.97 Å². The van der Waals surface area contributed by atoms with E-state index < -0.39 is 11.9 Å². The fourth-order valence-corrected chi connectivity index (χ4v) is 2.74. The molecule has 0 radical (unpaired) electrons. The Morgan fingerprint density at radius 2 is 1.70 bits per heavy atom. The van der Waals surface area contributed by atoms with E-state index in [0.717, 1.165) is 4.47 Å². The van der Waals surface area contributed by atoms with Gasteiger partial charge in [-0.05, 0) is 66.2 Å². The van der Waals surface area contributed by atoms with Crippen molar-refractivity contribution < 1.29 is 19.1 Å². The summed E-state index contributed by atoms with van der Waals surface area (Å²) < 4.78 is 11.5. The Labute approximate surface area is 186 Å². The third-order valence-electron chi connectivity index (χ3n) is 3.77. The van der Waals surface area contributed by atoms with Crippen LogP contribution in [0.2, 0.25) is 5.02 Å². The highest BCUT2D eigenvalue weighted by molar-refractivity contribution is 9.10. The molecule has 0 aliphatic heterocycles. The molecule has 0 unspecified atom stereocenters. The number of hydrogen-bond donors (Lipinski definition) is 1. The van der Waals surface area contributed by atoms with Gasteiger partial charge in [0, 0.05) is 4.47 Å². The summed E-state index contributed by atoms with van der Waals surface area (Å²) in [6, 6.07) is 20.5. The first-order chi connectivity index (χ1) is 14.5. The maximum atomic E-state index is 12.1. The minimum atomic E-state index is -0.449. The Bertz CT molecular complexity index is 1050. The lowest BCUT2D eigenvalue weighted by Gasteiger charge is -2.06. The van der Waals surface area contributed by atoms with Crippen LogP contribution in [-0.4, -0.2) is 24.7 Å². The summed E-state index contributed by atoms with van der Waals surface area (Å²) in [5.41, 5.74) is 3.53. The van der Waals surface area contributed by atoms with Crippen molar-refractivity contribution in [3.05, 3.63) is 93.4 Å². The highest BCUT2D eigenvalue weighted by atomic mass is 79.9. The largest absolute Gasteiger partial charge is 0.482 e. The van der Waals surface area contributed by atoms with Crippen molar-refractivity contribution in [2.45, 2.75) is 0 Å². The number of para-hydroxylation sites is 1. The molecule has 0 aromatic heterocycles. The monoisotopic (exact) mass is 486 g/mol. The van der Waals surface area contributed by atoms with Crippen LogP contribution >= 0.6 is 27.5 Å². The van der Waals surface area contributed by atoms with E-state index in [2.05, 4.69) is 26.5 Å². The van der Waals surface area contributed by atoms with Gasteiger partial charge in [-0.2, -0.15) is 5.10 Å². The van der Waals surface area contributed by atoms with Crippen LogP contribution < -0.4 is 14.9 Å². The smallest absolute Gasteiger partial charge is 0.343 e. The molecule has 0 bridgehead atoms. The molecule has 0 aliphatic rings. The van der Waals surface area contributed by atoms with Gasteiger partial charge in [-0.25, -0.2) is 10.2 Å². The number of rotatable bonds is 7. The van der Waals surface area contributed by atoms with Gasteiger partial charge in [-0.1, -0.05) is 39.7 Å². The summed E-state index contributed by atoms with van der Waals surface area (Å²) in [6.07, 6.45) is 1.47. The number of hydrogen-bond acceptors (Lipinski definition) is 5. The van der Waals surface area contributed by atoms with Crippen molar-refractivity contribution in [2.24, 2.45) is 5.10 Å². The first-order valence-electron chi connectivity index (χ1n) is 8.78. The normalized spacial score (nSPS) is 10.6. The van der Waals surface area contributed by atoms with Crippen LogP contribution in [0.15, 0.2) is 82.4 Å². The number of nitrogens with one attached hydrogen (secondary N) is 1. The number of halogens is 2. The standard InChI is InChI=1S/C22H16BrClN2O4/c23-17-9-7-16(8-10-17)22(28)30-18-11-5-15(6-12-18)13-25-26-21(27)14-29-20-4-2-1-3-19(20)24/h1-13H,14H2,(H,26,27)/b25-13-. The first kappa shape index (κ1) is 21.5. The summed E-state index contributed by atoms with van der Waals surface area (Å²) in [6.45, 7) is -0.216. The van der Waals surface area contributed by atoms with Gasteiger partial charge in [0.1, 0.15) is 11.5 Å². The summed E-state index contributed by atoms with van der Waals surface area (Å²) >= 11 is 9.28. The van der Waals surface area contributed by atoms with Crippen LogP contribution in [0.25, 0.3) is 0 Å². The second kappa shape index (κ2) is 10.6. The Balaban J connectivity index is 1.47. The Morgan fingerprint density at radius 1 is 1.00 bits per heavy atom. The minimum absolute atomic E-state index is 0.216. The average molecular weight is 488 g/mol. The van der Waals surface area contributed by atoms with E-state index >= 15 is 0 Å². The van der Waals surface area contributed by atoms with E-state index in [1.165, 1.54) is 6.21 Å². The molecule has 1 N–H and O–H groups in total. The third-order valence-corrected chi connectivity index (χ3v) is 4.61. The number of nitrogens with zero attached hydrogens (tertiary/aromatic N) is 1. The zero-order valence-electron chi connectivity index (χ0n) is 15.5. The lowest BCUT2D eigenvalue weighted by Crippen LogP contribution is -2.24. The molecule has 0 spiro atoms. The summed E-state index contributed by atoms with van der Waals surface area (Å²) in [5.74, 6) is -0.0512. The van der Waals surface area contributed by atoms with E-state index in [-0.39, 0.29) is 6.61 Å². The second-order valence-electron chi connectivity index (χ2n) is 5.98. The van der Waals surface area contributed by atoms with Crippen molar-refractivity contribution in [1.29, 1.82) is 0 Å². The summed E-state index contributed by atoms with van der Waals surface area (Å²) in [5, 5.41) is 4.30. The van der Waals surface area contributed by atoms with Crippen molar-refractivity contribution in [2.75, 3.05) is 6.61 Å². The molecule has 0 heterocycles. The quantitative estimate of drug-likeness (QED) is 0.224. The molecule has 1 amide bonds. The number of hydrazone groups is 1. The number of benzene rings is 3. The summed E-state index contributed by atoms with van der Waals surface area (Å²) in [7, 11) is 0. The maximum Gasteiger partial charge on any atom is 0.343 e. The van der Waals surface area contributed by atoms with E-state index in [1.807, 2.05) is 0 Å². The molecule has 0 atom stereocenters. The van der Waals surface area contributed by atoms with Crippen molar-refractivity contribution in [1.82, 2.24) is 5.43 Å². The third kappa shape index (κ3) is 6.43. The SMILES string of the molecule is O=C(COc1ccccc1Cl)N/N=C\c1ccc(OC(=O)c2ccc(Br)cc2)cc1. The predicted octanol–water partition coefficient (Wildman–Crippen LogP) is 4.85. The minimum Gasteiger partial charge on any atom is -0.482 e. The molecule has 3 aromatic carbocycles. The summed E-state index contributed by atoms with van der Waals surface area (Å²) in [4.78, 5) is 23.9. The van der Waals surface area contributed by atoms with Crippen molar-refractivity contribution >= 4 is 45.6 Å². The number of carbonyl (C=O) groups is 2. The molecule has 0 aliphatic carbocycles. The van der Waals surface area contributed by atoms with Crippen LogP contribution in [0.1, 0.15) is 15.9 Å². The van der Waals surface area contributed by atoms with E-state index in [9.17, 15) is 9.59 Å². The average Bonchev–Trinajstić information content (AvgIpc) is 2.75. The van der Waals surface area contributed by atoms with E-state index in [4.69, 9.17) is 21.1 Å². The Kier molecular flexibility index (Phi) is 7.59. The van der Waals surface area contributed by atoms with Gasteiger partial charge in [0.25, 0.3) is 5.91 Å². The molecular weight excluding hydrogens is 472 g/mol. The Hall–Kier alpha value is -3.16. The van der Waals surface area contributed by atoms with Crippen LogP contribution in [-0.2, 0) is 4.79 Å². The molecule has 0 saturated heterocycles. The molecule has 6 nitrogen and oxygen atoms in total. The van der Waals surface area contributed by atoms with Gasteiger partial charge < -0.3 is 9.47 Å². The second-order valence-corrected chi connectivity index (χ2v) is 7.30. The van der Waals surface area contributed by atoms with Crippen molar-refractivity contribution in [3.63, 3.8) is 0 Å². The molecule has 3 aromatic rings. The first-order valence-corrected chi connectivity index (χ1v) is 9.95. The highest BCUT2D eigenvalue weighted by Crippen LogP contribution is 2.22. The molecule has 30 heavy (non-hydrogen) atoms. The lowest BCUT2D eigenvalue weighted by atomic mass is 10.2. The van der Waals surface area contributed by atoms with Gasteiger partial charge in [0.15, 0.2) is 6.61 Å². The molecule has 8 heteroatoms. The zero-order chi connectivity index (χ0) is 21.3. The van der Waals surface area contributed by atoms with Gasteiger partial charge in [-0.15, -0.1) is 0 Å². The van der Waals surface area contributed by atoms with Crippen LogP contribution in [0.5, 0.6) is 11.5 Å². The van der Waals surface area contributed by atoms with Gasteiger partial charge in [0.05, 0.1) is 16.8 Å². The van der Waals surface area contributed by atoms with Gasteiger partial charge in [0.2, 0.25) is 0 Å². The number of amides is 1. The Morgan fingerprint density at radius 3 is 2.40 bits per heavy atom. The predicted molar refractivity (Wildman–Crippen MR) is 118 cm³/mol. The number of carbonyl (C=O) groups excluding carboxylic acids is 2.